The van der Waals surface area contributed by atoms with Gasteiger partial charge in [-0.1, -0.05) is 42.0 Å². The van der Waals surface area contributed by atoms with Crippen molar-refractivity contribution >= 4 is 22.7 Å². The summed E-state index contributed by atoms with van der Waals surface area (Å²) in [6.07, 6.45) is 0. The van der Waals surface area contributed by atoms with E-state index in [-0.39, 0.29) is 0 Å². The van der Waals surface area contributed by atoms with Gasteiger partial charge in [-0.2, -0.15) is 4.98 Å². The maximum Gasteiger partial charge on any atom is 0.225 e. The zero-order valence-corrected chi connectivity index (χ0v) is 11.3. The molecule has 4 nitrogen and oxygen atoms in total. The van der Waals surface area contributed by atoms with Gasteiger partial charge in [0.1, 0.15) is 5.82 Å². The average molecular weight is 264 g/mol. The Morgan fingerprint density at radius 1 is 1.05 bits per heavy atom. The summed E-state index contributed by atoms with van der Waals surface area (Å²) in [7, 11) is 0. The lowest BCUT2D eigenvalue weighted by Crippen LogP contribution is -2.06. The fourth-order valence-corrected chi connectivity index (χ4v) is 2.18. The van der Waals surface area contributed by atoms with Crippen LogP contribution in [0.4, 0.5) is 11.8 Å². The van der Waals surface area contributed by atoms with E-state index in [9.17, 15) is 0 Å². The zero-order valence-electron chi connectivity index (χ0n) is 11.3. The van der Waals surface area contributed by atoms with E-state index in [1.165, 1.54) is 11.1 Å². The number of benzene rings is 2. The molecule has 0 saturated heterocycles. The van der Waals surface area contributed by atoms with Gasteiger partial charge in [-0.15, -0.1) is 0 Å². The molecule has 4 heteroatoms. The first-order chi connectivity index (χ1) is 9.72. The highest BCUT2D eigenvalue weighted by Crippen LogP contribution is 2.19. The molecule has 0 radical (unpaired) electrons. The molecule has 0 fully saturated rings. The molecule has 2 aromatic carbocycles. The monoisotopic (exact) mass is 264 g/mol. The predicted molar refractivity (Wildman–Crippen MR) is 82.5 cm³/mol. The minimum Gasteiger partial charge on any atom is -0.383 e. The molecule has 100 valence electrons. The average Bonchev–Trinajstić information content (AvgIpc) is 2.45. The van der Waals surface area contributed by atoms with Crippen LogP contribution < -0.4 is 11.1 Å². The van der Waals surface area contributed by atoms with Crippen molar-refractivity contribution in [2.75, 3.05) is 11.1 Å². The van der Waals surface area contributed by atoms with Crippen LogP contribution in [-0.2, 0) is 6.54 Å². The Kier molecular flexibility index (Phi) is 3.21. The summed E-state index contributed by atoms with van der Waals surface area (Å²) in [5, 5.41) is 4.10. The van der Waals surface area contributed by atoms with Crippen molar-refractivity contribution in [3.8, 4) is 0 Å². The summed E-state index contributed by atoms with van der Waals surface area (Å²) in [6, 6.07) is 16.1. The molecule has 0 saturated carbocycles. The highest BCUT2D eigenvalue weighted by molar-refractivity contribution is 5.88. The number of nitrogens with one attached hydrogen (secondary N) is 1. The van der Waals surface area contributed by atoms with Gasteiger partial charge in [-0.3, -0.25) is 0 Å². The number of fused-ring (bicyclic) bond motifs is 1. The number of nitrogens with zero attached hydrogens (tertiary/aromatic N) is 2. The first-order valence-electron chi connectivity index (χ1n) is 6.54. The zero-order chi connectivity index (χ0) is 13.9. The number of nitrogens with two attached hydrogens (primary N) is 1. The second-order valence-corrected chi connectivity index (χ2v) is 4.79. The Balaban J connectivity index is 1.84. The van der Waals surface area contributed by atoms with Gasteiger partial charge in [-0.25, -0.2) is 4.98 Å². The molecule has 0 spiro atoms. The van der Waals surface area contributed by atoms with Crippen molar-refractivity contribution in [2.24, 2.45) is 0 Å². The molecule has 3 aromatic rings. The Hall–Kier alpha value is -2.62. The van der Waals surface area contributed by atoms with E-state index in [1.807, 2.05) is 30.3 Å². The lowest BCUT2D eigenvalue weighted by molar-refractivity contribution is 1.07. The van der Waals surface area contributed by atoms with Gasteiger partial charge < -0.3 is 11.1 Å². The molecule has 1 aromatic heterocycles. The second kappa shape index (κ2) is 5.17. The first kappa shape index (κ1) is 12.4. The minimum atomic E-state index is 0.502. The molecule has 3 rings (SSSR count). The summed E-state index contributed by atoms with van der Waals surface area (Å²) in [5.41, 5.74) is 9.25. The summed E-state index contributed by atoms with van der Waals surface area (Å²) < 4.78 is 0. The molecule has 0 aliphatic carbocycles. The number of rotatable bonds is 3. The molecular weight excluding hydrogens is 248 g/mol. The van der Waals surface area contributed by atoms with Gasteiger partial charge in [0, 0.05) is 11.9 Å². The molecule has 0 bridgehead atoms. The van der Waals surface area contributed by atoms with Gasteiger partial charge in [0.2, 0.25) is 5.95 Å². The van der Waals surface area contributed by atoms with Crippen LogP contribution in [0.25, 0.3) is 10.9 Å². The van der Waals surface area contributed by atoms with E-state index in [1.54, 1.807) is 0 Å². The molecule has 0 aliphatic rings. The van der Waals surface area contributed by atoms with E-state index in [2.05, 4.69) is 40.4 Å². The molecule has 0 aliphatic heterocycles. The lowest BCUT2D eigenvalue weighted by atomic mass is 10.1. The first-order valence-corrected chi connectivity index (χ1v) is 6.54. The van der Waals surface area contributed by atoms with E-state index in [0.29, 0.717) is 18.3 Å². The van der Waals surface area contributed by atoms with E-state index in [4.69, 9.17) is 5.73 Å². The SMILES string of the molecule is Cc1cccc(CNc2nc(N)c3ccccc3n2)c1. The molecule has 0 unspecified atom stereocenters. The molecule has 3 N–H and O–H groups in total. The standard InChI is InChI=1S/C16H16N4/c1-11-5-4-6-12(9-11)10-18-16-19-14-8-3-2-7-13(14)15(17)20-16/h2-9H,10H2,1H3,(H3,17,18,19,20). The number of hydrogen-bond donors (Lipinski definition) is 2. The van der Waals surface area contributed by atoms with Gasteiger partial charge in [0.25, 0.3) is 0 Å². The topological polar surface area (TPSA) is 63.8 Å². The molecule has 0 amide bonds. The fraction of sp³-hybridized carbons (Fsp3) is 0.125. The second-order valence-electron chi connectivity index (χ2n) is 4.79. The third-order valence-corrected chi connectivity index (χ3v) is 3.17. The Morgan fingerprint density at radius 3 is 2.75 bits per heavy atom. The van der Waals surface area contributed by atoms with Crippen LogP contribution in [-0.4, -0.2) is 9.97 Å². The van der Waals surface area contributed by atoms with Crippen molar-refractivity contribution in [1.82, 2.24) is 9.97 Å². The quantitative estimate of drug-likeness (QED) is 0.763. The van der Waals surface area contributed by atoms with Crippen molar-refractivity contribution in [3.63, 3.8) is 0 Å². The van der Waals surface area contributed by atoms with Crippen LogP contribution in [0.15, 0.2) is 48.5 Å². The molecule has 1 heterocycles. The number of anilines is 2. The minimum absolute atomic E-state index is 0.502. The van der Waals surface area contributed by atoms with Gasteiger partial charge >= 0.3 is 0 Å². The van der Waals surface area contributed by atoms with Gasteiger partial charge in [-0.05, 0) is 24.6 Å². The Morgan fingerprint density at radius 2 is 1.90 bits per heavy atom. The molecular formula is C16H16N4. The van der Waals surface area contributed by atoms with Crippen LogP contribution in [0.3, 0.4) is 0 Å². The van der Waals surface area contributed by atoms with Gasteiger partial charge in [0.15, 0.2) is 0 Å². The van der Waals surface area contributed by atoms with Crippen molar-refractivity contribution in [2.45, 2.75) is 13.5 Å². The van der Waals surface area contributed by atoms with Crippen LogP contribution in [0.2, 0.25) is 0 Å². The number of aryl methyl sites for hydroxylation is 1. The number of aromatic nitrogens is 2. The summed E-state index contributed by atoms with van der Waals surface area (Å²) in [6.45, 7) is 2.76. The highest BCUT2D eigenvalue weighted by atomic mass is 15.1. The normalized spacial score (nSPS) is 10.7. The van der Waals surface area contributed by atoms with Crippen LogP contribution in [0.1, 0.15) is 11.1 Å². The van der Waals surface area contributed by atoms with Crippen LogP contribution in [0.5, 0.6) is 0 Å². The Bertz CT molecular complexity index is 752. The summed E-state index contributed by atoms with van der Waals surface area (Å²) in [4.78, 5) is 8.77. The highest BCUT2D eigenvalue weighted by Gasteiger charge is 2.04. The summed E-state index contributed by atoms with van der Waals surface area (Å²) >= 11 is 0. The maximum atomic E-state index is 5.96. The fourth-order valence-electron chi connectivity index (χ4n) is 2.18. The van der Waals surface area contributed by atoms with E-state index < -0.39 is 0 Å². The number of hydrogen-bond acceptors (Lipinski definition) is 4. The largest absolute Gasteiger partial charge is 0.383 e. The van der Waals surface area contributed by atoms with Crippen molar-refractivity contribution in [3.05, 3.63) is 59.7 Å². The molecule has 0 atom stereocenters. The summed E-state index contributed by atoms with van der Waals surface area (Å²) in [5.74, 6) is 1.06. The van der Waals surface area contributed by atoms with E-state index >= 15 is 0 Å². The number of para-hydroxylation sites is 1. The van der Waals surface area contributed by atoms with Gasteiger partial charge in [0.05, 0.1) is 5.52 Å². The predicted octanol–water partition coefficient (Wildman–Crippen LogP) is 3.13. The van der Waals surface area contributed by atoms with Crippen molar-refractivity contribution < 1.29 is 0 Å². The smallest absolute Gasteiger partial charge is 0.225 e. The third-order valence-electron chi connectivity index (χ3n) is 3.17. The van der Waals surface area contributed by atoms with Crippen LogP contribution in [0, 0.1) is 6.92 Å². The lowest BCUT2D eigenvalue weighted by Gasteiger charge is -2.08. The maximum absolute atomic E-state index is 5.96. The molecule has 20 heavy (non-hydrogen) atoms. The third kappa shape index (κ3) is 2.54. The van der Waals surface area contributed by atoms with Crippen molar-refractivity contribution in [1.29, 1.82) is 0 Å². The van der Waals surface area contributed by atoms with E-state index in [0.717, 1.165) is 10.9 Å². The van der Waals surface area contributed by atoms with Crippen LogP contribution >= 0.6 is 0 Å². The number of nitrogen functional groups attached to an aromatic ring is 1. The Labute approximate surface area is 117 Å².